The highest BCUT2D eigenvalue weighted by molar-refractivity contribution is 7.15. The maximum Gasteiger partial charge on any atom is 0.190 e. The lowest BCUT2D eigenvalue weighted by Gasteiger charge is -2.15. The molecular weight excluding hydrogens is 242 g/mol. The van der Waals surface area contributed by atoms with Crippen LogP contribution in [-0.4, -0.2) is 18.6 Å². The summed E-state index contributed by atoms with van der Waals surface area (Å²) in [6, 6.07) is 8.62. The predicted molar refractivity (Wildman–Crippen MR) is 76.8 cm³/mol. The van der Waals surface area contributed by atoms with Crippen molar-refractivity contribution in [3.05, 3.63) is 40.4 Å². The molecule has 1 N–H and O–H groups in total. The molecule has 94 valence electrons. The minimum Gasteiger partial charge on any atom is -0.317 e. The fraction of sp³-hybridized carbons (Fsp3) is 0.357. The monoisotopic (exact) mass is 259 g/mol. The van der Waals surface area contributed by atoms with Crippen molar-refractivity contribution < 1.29 is 0 Å². The van der Waals surface area contributed by atoms with Gasteiger partial charge in [0, 0.05) is 23.7 Å². The second kappa shape index (κ2) is 4.71. The van der Waals surface area contributed by atoms with Crippen molar-refractivity contribution in [1.29, 1.82) is 0 Å². The zero-order valence-electron chi connectivity index (χ0n) is 10.7. The lowest BCUT2D eigenvalue weighted by atomic mass is 10.2. The summed E-state index contributed by atoms with van der Waals surface area (Å²) in [5, 5.41) is 4.33. The van der Waals surface area contributed by atoms with E-state index in [4.69, 9.17) is 4.98 Å². The zero-order valence-corrected chi connectivity index (χ0v) is 11.5. The first kappa shape index (κ1) is 11.7. The summed E-state index contributed by atoms with van der Waals surface area (Å²) >= 11 is 1.80. The molecule has 1 aliphatic heterocycles. The molecule has 0 fully saturated rings. The Hall–Kier alpha value is -1.39. The number of nitrogens with zero attached hydrogens (tertiary/aromatic N) is 2. The number of anilines is 2. The second-order valence-corrected chi connectivity index (χ2v) is 5.63. The fourth-order valence-corrected chi connectivity index (χ4v) is 3.50. The summed E-state index contributed by atoms with van der Waals surface area (Å²) in [5.74, 6) is 0. The summed E-state index contributed by atoms with van der Waals surface area (Å²) in [6.07, 6.45) is 1.12. The quantitative estimate of drug-likeness (QED) is 0.918. The van der Waals surface area contributed by atoms with E-state index in [1.165, 1.54) is 16.1 Å². The van der Waals surface area contributed by atoms with Gasteiger partial charge in [-0.1, -0.05) is 29.5 Å². The van der Waals surface area contributed by atoms with E-state index in [0.717, 1.165) is 30.3 Å². The van der Waals surface area contributed by atoms with E-state index < -0.39 is 0 Å². The topological polar surface area (TPSA) is 28.2 Å². The van der Waals surface area contributed by atoms with Crippen LogP contribution in [0.3, 0.4) is 0 Å². The van der Waals surface area contributed by atoms with Gasteiger partial charge in [-0.05, 0) is 32.0 Å². The highest BCUT2D eigenvalue weighted by Gasteiger charge is 2.22. The first-order valence-electron chi connectivity index (χ1n) is 6.26. The molecule has 0 aliphatic carbocycles. The Bertz CT molecular complexity index is 562. The van der Waals surface area contributed by atoms with Crippen LogP contribution in [0.25, 0.3) is 0 Å². The Labute approximate surface area is 111 Å². The molecule has 2 heterocycles. The summed E-state index contributed by atoms with van der Waals surface area (Å²) < 4.78 is 0. The third-order valence-electron chi connectivity index (χ3n) is 3.34. The molecule has 18 heavy (non-hydrogen) atoms. The molecule has 0 saturated carbocycles. The summed E-state index contributed by atoms with van der Waals surface area (Å²) in [6.45, 7) is 4.04. The van der Waals surface area contributed by atoms with Gasteiger partial charge in [-0.3, -0.25) is 0 Å². The van der Waals surface area contributed by atoms with Crippen molar-refractivity contribution in [2.24, 2.45) is 0 Å². The average molecular weight is 259 g/mol. The van der Waals surface area contributed by atoms with Gasteiger partial charge < -0.3 is 10.2 Å². The molecule has 1 aliphatic rings. The van der Waals surface area contributed by atoms with Gasteiger partial charge in [-0.25, -0.2) is 4.98 Å². The number of aryl methyl sites for hydroxylation is 1. The molecule has 3 rings (SSSR count). The zero-order chi connectivity index (χ0) is 12.5. The van der Waals surface area contributed by atoms with Crippen LogP contribution in [0.2, 0.25) is 0 Å². The molecule has 0 amide bonds. The second-order valence-electron chi connectivity index (χ2n) is 4.57. The Balaban J connectivity index is 1.95. The number of nitrogens with one attached hydrogen (secondary N) is 1. The molecule has 0 bridgehead atoms. The molecule has 0 saturated heterocycles. The van der Waals surface area contributed by atoms with Crippen molar-refractivity contribution in [2.75, 3.05) is 18.5 Å². The van der Waals surface area contributed by atoms with Crippen LogP contribution in [0.15, 0.2) is 24.3 Å². The predicted octanol–water partition coefficient (Wildman–Crippen LogP) is 2.87. The van der Waals surface area contributed by atoms with Crippen LogP contribution in [0.5, 0.6) is 0 Å². The molecule has 0 atom stereocenters. The lowest BCUT2D eigenvalue weighted by Crippen LogP contribution is -2.12. The molecule has 1 aromatic carbocycles. The van der Waals surface area contributed by atoms with Crippen LogP contribution in [0.1, 0.15) is 16.1 Å². The lowest BCUT2D eigenvalue weighted by molar-refractivity contribution is 0.822. The third kappa shape index (κ3) is 1.91. The van der Waals surface area contributed by atoms with Crippen molar-refractivity contribution in [3.8, 4) is 0 Å². The largest absolute Gasteiger partial charge is 0.317 e. The van der Waals surface area contributed by atoms with Crippen LogP contribution in [-0.2, 0) is 13.0 Å². The minimum atomic E-state index is 0.902. The van der Waals surface area contributed by atoms with E-state index in [0.29, 0.717) is 0 Å². The van der Waals surface area contributed by atoms with E-state index >= 15 is 0 Å². The van der Waals surface area contributed by atoms with Gasteiger partial charge in [0.2, 0.25) is 0 Å². The first-order chi connectivity index (χ1) is 8.79. The van der Waals surface area contributed by atoms with Gasteiger partial charge in [0.1, 0.15) is 0 Å². The molecule has 1 aromatic heterocycles. The van der Waals surface area contributed by atoms with Gasteiger partial charge in [-0.2, -0.15) is 0 Å². The van der Waals surface area contributed by atoms with Gasteiger partial charge in [0.25, 0.3) is 0 Å². The number of fused-ring (bicyclic) bond motifs is 1. The number of hydrogen-bond acceptors (Lipinski definition) is 4. The van der Waals surface area contributed by atoms with Crippen LogP contribution in [0, 0.1) is 6.92 Å². The van der Waals surface area contributed by atoms with Crippen molar-refractivity contribution in [3.63, 3.8) is 0 Å². The maximum absolute atomic E-state index is 4.71. The maximum atomic E-state index is 4.71. The number of thiazole rings is 1. The molecular formula is C14H17N3S. The van der Waals surface area contributed by atoms with Gasteiger partial charge in [-0.15, -0.1) is 0 Å². The number of aromatic nitrogens is 1. The summed E-state index contributed by atoms with van der Waals surface area (Å²) in [4.78, 5) is 8.38. The molecule has 2 aromatic rings. The van der Waals surface area contributed by atoms with Crippen LogP contribution in [0.4, 0.5) is 10.8 Å². The third-order valence-corrected chi connectivity index (χ3v) is 4.52. The highest BCUT2D eigenvalue weighted by Crippen LogP contribution is 2.37. The highest BCUT2D eigenvalue weighted by atomic mass is 32.1. The van der Waals surface area contributed by atoms with Crippen LogP contribution < -0.4 is 10.2 Å². The van der Waals surface area contributed by atoms with Gasteiger partial charge >= 0.3 is 0 Å². The van der Waals surface area contributed by atoms with Crippen LogP contribution >= 0.6 is 11.3 Å². The summed E-state index contributed by atoms with van der Waals surface area (Å²) in [5.41, 5.74) is 3.90. The van der Waals surface area contributed by atoms with Gasteiger partial charge in [0.05, 0.1) is 5.69 Å². The Morgan fingerprint density at radius 1 is 1.39 bits per heavy atom. The SMILES string of the molecule is CNCc1sc(N2CCc3ccccc32)nc1C. The fourth-order valence-electron chi connectivity index (χ4n) is 2.39. The van der Waals surface area contributed by atoms with E-state index in [-0.39, 0.29) is 0 Å². The smallest absolute Gasteiger partial charge is 0.190 e. The van der Waals surface area contributed by atoms with E-state index in [1.807, 2.05) is 7.05 Å². The Morgan fingerprint density at radius 2 is 2.22 bits per heavy atom. The first-order valence-corrected chi connectivity index (χ1v) is 7.07. The van der Waals surface area contributed by atoms with Crippen molar-refractivity contribution >= 4 is 22.2 Å². The minimum absolute atomic E-state index is 0.902. The normalized spacial score (nSPS) is 14.0. The standard InChI is InChI=1S/C14H17N3S/c1-10-13(9-15-2)18-14(16-10)17-8-7-11-5-3-4-6-12(11)17/h3-6,15H,7-9H2,1-2H3. The number of rotatable bonds is 3. The van der Waals surface area contributed by atoms with Crippen molar-refractivity contribution in [1.82, 2.24) is 10.3 Å². The molecule has 4 heteroatoms. The molecule has 0 unspecified atom stereocenters. The van der Waals surface area contributed by atoms with E-state index in [9.17, 15) is 0 Å². The van der Waals surface area contributed by atoms with Crippen molar-refractivity contribution in [2.45, 2.75) is 19.9 Å². The number of para-hydroxylation sites is 1. The van der Waals surface area contributed by atoms with E-state index in [1.54, 1.807) is 11.3 Å². The molecule has 3 nitrogen and oxygen atoms in total. The number of hydrogen-bond donors (Lipinski definition) is 1. The Kier molecular flexibility index (Phi) is 3.06. The molecule has 0 radical (unpaired) electrons. The Morgan fingerprint density at radius 3 is 3.06 bits per heavy atom. The summed E-state index contributed by atoms with van der Waals surface area (Å²) in [7, 11) is 1.98. The van der Waals surface area contributed by atoms with Gasteiger partial charge in [0.15, 0.2) is 5.13 Å². The van der Waals surface area contributed by atoms with E-state index in [2.05, 4.69) is 41.4 Å². The average Bonchev–Trinajstić information content (AvgIpc) is 2.94. The molecule has 0 spiro atoms. The number of benzene rings is 1.